The van der Waals surface area contributed by atoms with Gasteiger partial charge in [0, 0.05) is 19.3 Å². The highest BCUT2D eigenvalue weighted by atomic mass is 31.2. The number of carbonyl (C=O) groups excluding carboxylic acids is 3. The summed E-state index contributed by atoms with van der Waals surface area (Å²) in [5.74, 6) is -1.60. The van der Waals surface area contributed by atoms with Gasteiger partial charge in [-0.05, 0) is 135 Å². The van der Waals surface area contributed by atoms with Crippen LogP contribution >= 0.6 is 15.6 Å². The maximum absolute atomic E-state index is 12.9. The van der Waals surface area contributed by atoms with Crippen molar-refractivity contribution in [2.45, 2.75) is 347 Å². The molecule has 18 heteroatoms. The molecular weight excluding hydrogens is 1310 g/mol. The fourth-order valence-electron chi connectivity index (χ4n) is 10.6. The summed E-state index contributed by atoms with van der Waals surface area (Å²) in [5.41, 5.74) is 0. The monoisotopic (exact) mass is 1460 g/mol. The molecule has 0 aromatic rings. The average Bonchev–Trinajstić information content (AvgIpc) is 1.74. The van der Waals surface area contributed by atoms with Crippen molar-refractivity contribution in [3.63, 3.8) is 0 Å². The summed E-state index contributed by atoms with van der Waals surface area (Å²) >= 11 is 0. The summed E-state index contributed by atoms with van der Waals surface area (Å²) in [5, 5.41) is 20.6. The molecule has 0 bridgehead atoms. The van der Waals surface area contributed by atoms with Gasteiger partial charge >= 0.3 is 33.6 Å². The zero-order chi connectivity index (χ0) is 73.7. The summed E-state index contributed by atoms with van der Waals surface area (Å²) in [6, 6.07) is 0. The molecule has 0 rings (SSSR count). The van der Waals surface area contributed by atoms with E-state index in [4.69, 9.17) is 32.3 Å². The lowest BCUT2D eigenvalue weighted by atomic mass is 10.0. The highest BCUT2D eigenvalue weighted by Crippen LogP contribution is 2.45. The quantitative estimate of drug-likeness (QED) is 0.0146. The van der Waals surface area contributed by atoms with Gasteiger partial charge in [0.15, 0.2) is 6.10 Å². The third kappa shape index (κ3) is 76.9. The van der Waals surface area contributed by atoms with E-state index in [2.05, 4.69) is 142 Å². The molecule has 0 aliphatic carbocycles. The first-order valence-electron chi connectivity index (χ1n) is 39.8. The van der Waals surface area contributed by atoms with Crippen LogP contribution in [0.15, 0.2) is 122 Å². The summed E-state index contributed by atoms with van der Waals surface area (Å²) in [6.45, 7) is 2.49. The standard InChI is InChI=1S/C83H144O16P2/c1-4-7-10-13-16-19-22-25-28-29-30-31-32-33-34-35-36-37-38-39-40-41-42-43-44-45-46-47-50-52-54-57-60-63-66-69-81(86)93-72-78(84)73-95-100(89,90)96-74-79(85)75-97-101(91,92)98-77-80(99-83(88)71-68-65-62-59-56-53-49-27-24-21-18-15-12-9-6-3)76-94-82(87)70-67-64-61-58-55-51-48-26-23-20-17-14-11-8-5-2/h7,10,16-21,25-28,30-31,33-34,36-37,48-49,78-80,84-85H,4-6,8-9,11-15,22-24,29,32,35,38-47,50-77H2,1-3H3,(H,89,90)(H,91,92)/b10-7-,19-16-,20-17-,21-18-,28-25-,31-30-,34-33-,37-36-,48-26-,49-27-. The molecule has 0 aromatic heterocycles. The first-order chi connectivity index (χ1) is 49.2. The molecule has 0 aliphatic heterocycles. The van der Waals surface area contributed by atoms with Crippen LogP contribution in [0.2, 0.25) is 0 Å². The molecule has 101 heavy (non-hydrogen) atoms. The van der Waals surface area contributed by atoms with Gasteiger partial charge in [0.05, 0.1) is 26.4 Å². The van der Waals surface area contributed by atoms with Crippen LogP contribution in [0.1, 0.15) is 329 Å². The van der Waals surface area contributed by atoms with E-state index in [0.29, 0.717) is 19.3 Å². The van der Waals surface area contributed by atoms with Gasteiger partial charge < -0.3 is 34.2 Å². The van der Waals surface area contributed by atoms with Crippen LogP contribution in [0.25, 0.3) is 0 Å². The number of aliphatic hydroxyl groups is 2. The molecule has 16 nitrogen and oxygen atoms in total. The Morgan fingerprint density at radius 1 is 0.287 bits per heavy atom. The van der Waals surface area contributed by atoms with Crippen molar-refractivity contribution in [2.75, 3.05) is 39.6 Å². The first kappa shape index (κ1) is 97.0. The zero-order valence-electron chi connectivity index (χ0n) is 63.5. The number of ether oxygens (including phenoxy) is 3. The number of allylic oxidation sites excluding steroid dienone is 20. The highest BCUT2D eigenvalue weighted by molar-refractivity contribution is 7.47. The second-order valence-corrected chi connectivity index (χ2v) is 29.4. The predicted octanol–water partition coefficient (Wildman–Crippen LogP) is 23.3. The third-order valence-electron chi connectivity index (χ3n) is 16.6. The number of rotatable bonds is 75. The summed E-state index contributed by atoms with van der Waals surface area (Å²) in [7, 11) is -9.79. The molecule has 0 saturated carbocycles. The lowest BCUT2D eigenvalue weighted by molar-refractivity contribution is -0.161. The maximum Gasteiger partial charge on any atom is 0.472 e. The Kier molecular flexibility index (Phi) is 72.6. The van der Waals surface area contributed by atoms with Gasteiger partial charge in [-0.15, -0.1) is 0 Å². The van der Waals surface area contributed by atoms with Crippen LogP contribution < -0.4 is 0 Å². The first-order valence-corrected chi connectivity index (χ1v) is 42.8. The second kappa shape index (κ2) is 75.6. The Bertz CT molecular complexity index is 2320. The smallest absolute Gasteiger partial charge is 0.463 e. The van der Waals surface area contributed by atoms with E-state index in [1.807, 2.05) is 0 Å². The Morgan fingerprint density at radius 3 is 0.832 bits per heavy atom. The predicted molar refractivity (Wildman–Crippen MR) is 417 cm³/mol. The number of phosphoric ester groups is 2. The molecule has 0 heterocycles. The average molecular weight is 1460 g/mol. The van der Waals surface area contributed by atoms with E-state index in [1.54, 1.807) is 0 Å². The number of hydrogen-bond acceptors (Lipinski definition) is 14. The minimum absolute atomic E-state index is 0.0854. The summed E-state index contributed by atoms with van der Waals surface area (Å²) in [4.78, 5) is 58.5. The van der Waals surface area contributed by atoms with Crippen molar-refractivity contribution in [3.05, 3.63) is 122 Å². The van der Waals surface area contributed by atoms with Crippen LogP contribution in [-0.4, -0.2) is 95.9 Å². The number of unbranched alkanes of at least 4 members (excludes halogenated alkanes) is 32. The van der Waals surface area contributed by atoms with E-state index in [9.17, 15) is 43.5 Å². The fraction of sp³-hybridized carbons (Fsp3) is 0.723. The number of esters is 3. The number of hydrogen-bond donors (Lipinski definition) is 4. The Hall–Kier alpha value is -4.05. The highest BCUT2D eigenvalue weighted by Gasteiger charge is 2.29. The topological polar surface area (TPSA) is 231 Å². The molecule has 0 fully saturated rings. The molecule has 0 aliphatic rings. The van der Waals surface area contributed by atoms with Gasteiger partial charge in [-0.25, -0.2) is 9.13 Å². The van der Waals surface area contributed by atoms with E-state index in [1.165, 1.54) is 122 Å². The minimum Gasteiger partial charge on any atom is -0.463 e. The van der Waals surface area contributed by atoms with E-state index in [-0.39, 0.29) is 19.3 Å². The summed E-state index contributed by atoms with van der Waals surface area (Å²) < 4.78 is 61.0. The number of phosphoric acid groups is 2. The van der Waals surface area contributed by atoms with Gasteiger partial charge in [0.25, 0.3) is 0 Å². The van der Waals surface area contributed by atoms with E-state index >= 15 is 0 Å². The Morgan fingerprint density at radius 2 is 0.525 bits per heavy atom. The molecule has 5 atom stereocenters. The van der Waals surface area contributed by atoms with Crippen molar-refractivity contribution in [3.8, 4) is 0 Å². The molecular formula is C83H144O16P2. The Balaban J connectivity index is 4.38. The van der Waals surface area contributed by atoms with Gasteiger partial charge in [-0.2, -0.15) is 0 Å². The normalized spacial score (nSPS) is 14.6. The molecule has 582 valence electrons. The van der Waals surface area contributed by atoms with Gasteiger partial charge in [-0.3, -0.25) is 32.5 Å². The van der Waals surface area contributed by atoms with Gasteiger partial charge in [0.2, 0.25) is 0 Å². The van der Waals surface area contributed by atoms with Gasteiger partial charge in [-0.1, -0.05) is 296 Å². The Labute approximate surface area is 614 Å². The SMILES string of the molecule is CC/C=C\C/C=C\C/C=C\C/C=C\C/C=C\C/C=C\CCCCCCCCCCCCCCCCCCC(=O)OCC(O)COP(=O)(O)OCC(O)COP(=O)(O)OCC(COC(=O)CCCCCCC/C=C\C/C=C\CCCCC)OC(=O)CCCCCCC/C=C\C/C=C\CCCCC. The van der Waals surface area contributed by atoms with Crippen LogP contribution in [0.4, 0.5) is 0 Å². The van der Waals surface area contributed by atoms with Crippen LogP contribution in [0, 0.1) is 0 Å². The van der Waals surface area contributed by atoms with E-state index < -0.39 is 91.5 Å². The van der Waals surface area contributed by atoms with Crippen molar-refractivity contribution >= 4 is 33.6 Å². The largest absolute Gasteiger partial charge is 0.472 e. The molecule has 0 spiro atoms. The van der Waals surface area contributed by atoms with Crippen molar-refractivity contribution in [1.29, 1.82) is 0 Å². The van der Waals surface area contributed by atoms with Gasteiger partial charge in [0.1, 0.15) is 25.4 Å². The van der Waals surface area contributed by atoms with Crippen molar-refractivity contribution < 1.29 is 75.8 Å². The lowest BCUT2D eigenvalue weighted by Crippen LogP contribution is -2.30. The summed E-state index contributed by atoms with van der Waals surface area (Å²) in [6.07, 6.45) is 89.8. The molecule has 4 N–H and O–H groups in total. The zero-order valence-corrected chi connectivity index (χ0v) is 65.3. The number of carbonyl (C=O) groups is 3. The van der Waals surface area contributed by atoms with Crippen LogP contribution in [0.3, 0.4) is 0 Å². The van der Waals surface area contributed by atoms with Crippen LogP contribution in [0.5, 0.6) is 0 Å². The molecule has 0 saturated heterocycles. The third-order valence-corrected chi connectivity index (χ3v) is 18.5. The number of aliphatic hydroxyl groups excluding tert-OH is 2. The van der Waals surface area contributed by atoms with E-state index in [0.717, 1.165) is 148 Å². The molecule has 5 unspecified atom stereocenters. The lowest BCUT2D eigenvalue weighted by Gasteiger charge is -2.21. The minimum atomic E-state index is -4.93. The fourth-order valence-corrected chi connectivity index (χ4v) is 12.2. The molecule has 0 radical (unpaired) electrons. The van der Waals surface area contributed by atoms with Crippen LogP contribution in [-0.2, 0) is 55.8 Å². The maximum atomic E-state index is 12.9. The molecule has 0 amide bonds. The second-order valence-electron chi connectivity index (χ2n) is 26.5. The van der Waals surface area contributed by atoms with Crippen molar-refractivity contribution in [2.24, 2.45) is 0 Å². The van der Waals surface area contributed by atoms with Crippen molar-refractivity contribution in [1.82, 2.24) is 0 Å². The molecule has 0 aromatic carbocycles.